The van der Waals surface area contributed by atoms with Gasteiger partial charge in [-0.15, -0.1) is 0 Å². The van der Waals surface area contributed by atoms with Crippen molar-refractivity contribution >= 4 is 11.8 Å². The van der Waals surface area contributed by atoms with Crippen molar-refractivity contribution in [3.05, 3.63) is 0 Å². The molecule has 19 heavy (non-hydrogen) atoms. The Morgan fingerprint density at radius 2 is 1.58 bits per heavy atom. The Morgan fingerprint density at radius 3 is 2.00 bits per heavy atom. The van der Waals surface area contributed by atoms with Gasteiger partial charge >= 0.3 is 0 Å². The number of hydrogen-bond acceptors (Lipinski definition) is 2. The van der Waals surface area contributed by atoms with E-state index in [0.29, 0.717) is 5.41 Å². The van der Waals surface area contributed by atoms with Gasteiger partial charge in [-0.3, -0.25) is 0 Å². The minimum atomic E-state index is 0.673. The van der Waals surface area contributed by atoms with E-state index in [1.165, 1.54) is 25.0 Å². The highest BCUT2D eigenvalue weighted by Gasteiger charge is 2.53. The number of hydrogen-bond donors (Lipinski definition) is 1. The Bertz CT molecular complexity index is 277. The fourth-order valence-corrected chi connectivity index (χ4v) is 6.64. The number of thioether (sulfide) groups is 1. The summed E-state index contributed by atoms with van der Waals surface area (Å²) in [7, 11) is 0. The molecular formula is C17H31NS. The molecule has 0 saturated heterocycles. The van der Waals surface area contributed by atoms with Crippen molar-refractivity contribution in [3.63, 3.8) is 0 Å². The Kier molecular flexibility index (Phi) is 4.20. The van der Waals surface area contributed by atoms with Gasteiger partial charge in [-0.1, -0.05) is 20.8 Å². The van der Waals surface area contributed by atoms with Gasteiger partial charge in [0.15, 0.2) is 0 Å². The normalized spacial score (nSPS) is 42.0. The lowest BCUT2D eigenvalue weighted by Gasteiger charge is -2.59. The molecule has 0 spiro atoms. The van der Waals surface area contributed by atoms with Crippen LogP contribution >= 0.6 is 11.8 Å². The molecule has 1 nitrogen and oxygen atoms in total. The van der Waals surface area contributed by atoms with Gasteiger partial charge in [0.05, 0.1) is 0 Å². The predicted octanol–water partition coefficient (Wildman–Crippen LogP) is 4.32. The summed E-state index contributed by atoms with van der Waals surface area (Å²) in [5, 5.41) is 4.65. The van der Waals surface area contributed by atoms with E-state index in [0.717, 1.165) is 35.6 Å². The molecule has 4 saturated carbocycles. The van der Waals surface area contributed by atoms with E-state index in [1.807, 2.05) is 0 Å². The van der Waals surface area contributed by atoms with Crippen molar-refractivity contribution in [1.29, 1.82) is 0 Å². The fraction of sp³-hybridized carbons (Fsp3) is 1.00. The molecule has 4 aliphatic rings. The second-order valence-electron chi connectivity index (χ2n) is 7.77. The highest BCUT2D eigenvalue weighted by Crippen LogP contribution is 2.61. The molecule has 0 radical (unpaired) electrons. The summed E-state index contributed by atoms with van der Waals surface area (Å²) in [6.07, 6.45) is 9.31. The van der Waals surface area contributed by atoms with Crippen LogP contribution in [0.25, 0.3) is 0 Å². The molecule has 4 rings (SSSR count). The Hall–Kier alpha value is 0.310. The molecule has 110 valence electrons. The van der Waals surface area contributed by atoms with E-state index in [2.05, 4.69) is 37.8 Å². The van der Waals surface area contributed by atoms with Gasteiger partial charge in [-0.25, -0.2) is 0 Å². The van der Waals surface area contributed by atoms with Crippen molar-refractivity contribution in [3.8, 4) is 0 Å². The van der Waals surface area contributed by atoms with E-state index >= 15 is 0 Å². The van der Waals surface area contributed by atoms with Crippen LogP contribution in [0.1, 0.15) is 59.3 Å². The zero-order valence-electron chi connectivity index (χ0n) is 13.0. The fourth-order valence-electron chi connectivity index (χ4n) is 5.59. The van der Waals surface area contributed by atoms with E-state index in [9.17, 15) is 0 Å². The van der Waals surface area contributed by atoms with Gasteiger partial charge in [0, 0.05) is 11.8 Å². The molecule has 4 fully saturated rings. The van der Waals surface area contributed by atoms with Crippen molar-refractivity contribution in [2.45, 2.75) is 70.6 Å². The van der Waals surface area contributed by atoms with Crippen molar-refractivity contribution in [2.24, 2.45) is 23.2 Å². The van der Waals surface area contributed by atoms with E-state index < -0.39 is 0 Å². The number of nitrogens with one attached hydrogen (secondary N) is 1. The van der Waals surface area contributed by atoms with Crippen LogP contribution in [-0.2, 0) is 0 Å². The number of rotatable bonds is 6. The molecule has 4 aliphatic carbocycles. The van der Waals surface area contributed by atoms with Gasteiger partial charge in [-0.05, 0) is 73.5 Å². The van der Waals surface area contributed by atoms with E-state index in [-0.39, 0.29) is 0 Å². The molecule has 0 aromatic heterocycles. The lowest BCUT2D eigenvalue weighted by Crippen LogP contribution is -2.57. The molecule has 2 heteroatoms. The van der Waals surface area contributed by atoms with Gasteiger partial charge < -0.3 is 5.32 Å². The van der Waals surface area contributed by atoms with Gasteiger partial charge in [-0.2, -0.15) is 11.8 Å². The maximum Gasteiger partial charge on any atom is 0.0214 e. The molecule has 1 atom stereocenters. The first-order chi connectivity index (χ1) is 9.11. The minimum Gasteiger partial charge on any atom is -0.313 e. The molecular weight excluding hydrogens is 250 g/mol. The maximum atomic E-state index is 3.87. The summed E-state index contributed by atoms with van der Waals surface area (Å²) in [5.74, 6) is 4.57. The average molecular weight is 282 g/mol. The van der Waals surface area contributed by atoms with Crippen LogP contribution in [0.15, 0.2) is 0 Å². The molecule has 1 N–H and O–H groups in total. The standard InChI is InChI=1S/C17H31NS/c1-4-18-16(11-19-12(2)3)17-8-13-5-14(9-17)7-15(6-13)10-17/h12-16,18H,4-11H2,1-3H3. The zero-order valence-corrected chi connectivity index (χ0v) is 13.8. The zero-order chi connectivity index (χ0) is 13.5. The topological polar surface area (TPSA) is 12.0 Å². The molecule has 0 aromatic rings. The van der Waals surface area contributed by atoms with Gasteiger partial charge in [0.25, 0.3) is 0 Å². The lowest BCUT2D eigenvalue weighted by atomic mass is 9.48. The van der Waals surface area contributed by atoms with Crippen LogP contribution in [0.2, 0.25) is 0 Å². The summed E-state index contributed by atoms with van der Waals surface area (Å²) in [6, 6.07) is 0.776. The van der Waals surface area contributed by atoms with Crippen LogP contribution < -0.4 is 5.32 Å². The Morgan fingerprint density at radius 1 is 1.05 bits per heavy atom. The first-order valence-corrected chi connectivity index (χ1v) is 9.51. The average Bonchev–Trinajstić information content (AvgIpc) is 2.32. The Labute approximate surface area is 123 Å². The predicted molar refractivity (Wildman–Crippen MR) is 85.7 cm³/mol. The first-order valence-electron chi connectivity index (χ1n) is 8.46. The molecule has 0 heterocycles. The van der Waals surface area contributed by atoms with Crippen LogP contribution in [0.5, 0.6) is 0 Å². The summed E-state index contributed by atoms with van der Waals surface area (Å²) in [5.41, 5.74) is 0.673. The minimum absolute atomic E-state index is 0.673. The first kappa shape index (κ1) is 14.3. The van der Waals surface area contributed by atoms with Crippen molar-refractivity contribution in [1.82, 2.24) is 5.32 Å². The summed E-state index contributed by atoms with van der Waals surface area (Å²) < 4.78 is 0. The van der Waals surface area contributed by atoms with Crippen LogP contribution in [0.3, 0.4) is 0 Å². The van der Waals surface area contributed by atoms with Gasteiger partial charge in [0.1, 0.15) is 0 Å². The largest absolute Gasteiger partial charge is 0.313 e. The molecule has 0 aliphatic heterocycles. The van der Waals surface area contributed by atoms with Crippen LogP contribution in [0, 0.1) is 23.2 Å². The second kappa shape index (κ2) is 5.60. The summed E-state index contributed by atoms with van der Waals surface area (Å²) >= 11 is 2.17. The third kappa shape index (κ3) is 2.85. The van der Waals surface area contributed by atoms with Crippen LogP contribution in [0.4, 0.5) is 0 Å². The molecule has 4 bridgehead atoms. The van der Waals surface area contributed by atoms with Gasteiger partial charge in [0.2, 0.25) is 0 Å². The third-order valence-electron chi connectivity index (χ3n) is 5.87. The summed E-state index contributed by atoms with van der Waals surface area (Å²) in [4.78, 5) is 0. The molecule has 1 unspecified atom stereocenters. The molecule has 0 aromatic carbocycles. The van der Waals surface area contributed by atoms with E-state index in [4.69, 9.17) is 0 Å². The van der Waals surface area contributed by atoms with Crippen molar-refractivity contribution in [2.75, 3.05) is 12.3 Å². The lowest BCUT2D eigenvalue weighted by molar-refractivity contribution is -0.0691. The van der Waals surface area contributed by atoms with Crippen molar-refractivity contribution < 1.29 is 0 Å². The third-order valence-corrected chi connectivity index (χ3v) is 7.06. The van der Waals surface area contributed by atoms with Crippen LogP contribution in [-0.4, -0.2) is 23.6 Å². The highest BCUT2D eigenvalue weighted by molar-refractivity contribution is 7.99. The SMILES string of the molecule is CCNC(CSC(C)C)C12CC3CC(CC(C3)C1)C2. The van der Waals surface area contributed by atoms with E-state index in [1.54, 1.807) is 19.3 Å². The quantitative estimate of drug-likeness (QED) is 0.778. The monoisotopic (exact) mass is 281 g/mol. The summed E-state index contributed by atoms with van der Waals surface area (Å²) in [6.45, 7) is 8.11. The highest BCUT2D eigenvalue weighted by atomic mass is 32.2. The maximum absolute atomic E-state index is 3.87. The Balaban J connectivity index is 1.73. The second-order valence-corrected chi connectivity index (χ2v) is 9.38. The smallest absolute Gasteiger partial charge is 0.0214 e. The molecule has 0 amide bonds.